The molecule has 1 saturated heterocycles. The lowest BCUT2D eigenvalue weighted by atomic mass is 9.96. The first-order valence-electron chi connectivity index (χ1n) is 7.35. The molecule has 8 heteroatoms. The fourth-order valence-corrected chi connectivity index (χ4v) is 3.82. The Morgan fingerprint density at radius 1 is 1.27 bits per heavy atom. The number of aromatic amines is 1. The van der Waals surface area contributed by atoms with Crippen LogP contribution in [0.3, 0.4) is 0 Å². The van der Waals surface area contributed by atoms with E-state index >= 15 is 0 Å². The SMILES string of the molecule is Cc1nc(N2CCC(c3nc(N)n[nH]3)CC2)c2ccsc2n1. The molecule has 0 amide bonds. The number of fused-ring (bicyclic) bond motifs is 1. The maximum absolute atomic E-state index is 5.59. The maximum Gasteiger partial charge on any atom is 0.239 e. The van der Waals surface area contributed by atoms with E-state index in [2.05, 4.69) is 41.5 Å². The van der Waals surface area contributed by atoms with Crippen molar-refractivity contribution in [2.24, 2.45) is 0 Å². The molecule has 1 aliphatic heterocycles. The van der Waals surface area contributed by atoms with Gasteiger partial charge >= 0.3 is 0 Å². The van der Waals surface area contributed by atoms with E-state index in [1.807, 2.05) is 6.92 Å². The zero-order valence-electron chi connectivity index (χ0n) is 12.3. The van der Waals surface area contributed by atoms with E-state index in [9.17, 15) is 0 Å². The number of aryl methyl sites for hydroxylation is 1. The number of H-pyrrole nitrogens is 1. The summed E-state index contributed by atoms with van der Waals surface area (Å²) in [5, 5.41) is 10.1. The van der Waals surface area contributed by atoms with E-state index in [0.29, 0.717) is 11.9 Å². The van der Waals surface area contributed by atoms with Gasteiger partial charge in [-0.1, -0.05) is 0 Å². The van der Waals surface area contributed by atoms with Crippen molar-refractivity contribution in [1.82, 2.24) is 25.1 Å². The second kappa shape index (κ2) is 5.20. The third kappa shape index (κ3) is 2.29. The molecule has 1 aliphatic rings. The van der Waals surface area contributed by atoms with Gasteiger partial charge in [0.1, 0.15) is 22.3 Å². The van der Waals surface area contributed by atoms with E-state index in [1.54, 1.807) is 11.3 Å². The number of hydrogen-bond donors (Lipinski definition) is 2. The van der Waals surface area contributed by atoms with Crippen molar-refractivity contribution in [2.45, 2.75) is 25.7 Å². The highest BCUT2D eigenvalue weighted by molar-refractivity contribution is 7.16. The lowest BCUT2D eigenvalue weighted by Gasteiger charge is -2.32. The second-order valence-electron chi connectivity index (χ2n) is 5.57. The fraction of sp³-hybridized carbons (Fsp3) is 0.429. The Labute approximate surface area is 131 Å². The van der Waals surface area contributed by atoms with Crippen molar-refractivity contribution >= 4 is 33.3 Å². The van der Waals surface area contributed by atoms with Gasteiger partial charge in [0.05, 0.1) is 5.39 Å². The number of hydrogen-bond acceptors (Lipinski definition) is 7. The summed E-state index contributed by atoms with van der Waals surface area (Å²) < 4.78 is 0. The van der Waals surface area contributed by atoms with Gasteiger partial charge in [0.15, 0.2) is 0 Å². The minimum atomic E-state index is 0.323. The Hall–Kier alpha value is -2.22. The number of anilines is 2. The highest BCUT2D eigenvalue weighted by Crippen LogP contribution is 2.32. The molecule has 4 rings (SSSR count). The lowest BCUT2D eigenvalue weighted by molar-refractivity contribution is 0.485. The van der Waals surface area contributed by atoms with E-state index in [0.717, 1.165) is 53.6 Å². The topological polar surface area (TPSA) is 96.6 Å². The van der Waals surface area contributed by atoms with E-state index in [1.165, 1.54) is 0 Å². The predicted octanol–water partition coefficient (Wildman–Crippen LogP) is 2.08. The number of nitrogen functional groups attached to an aromatic ring is 1. The summed E-state index contributed by atoms with van der Waals surface area (Å²) in [6.45, 7) is 3.85. The van der Waals surface area contributed by atoms with Crippen LogP contribution in [0.5, 0.6) is 0 Å². The van der Waals surface area contributed by atoms with Gasteiger partial charge in [-0.2, -0.15) is 4.98 Å². The number of piperidine rings is 1. The molecule has 3 aromatic rings. The van der Waals surface area contributed by atoms with E-state index < -0.39 is 0 Å². The zero-order valence-corrected chi connectivity index (χ0v) is 13.1. The van der Waals surface area contributed by atoms with Crippen LogP contribution in [0.2, 0.25) is 0 Å². The highest BCUT2D eigenvalue weighted by atomic mass is 32.1. The summed E-state index contributed by atoms with van der Waals surface area (Å²) in [4.78, 5) is 16.8. The summed E-state index contributed by atoms with van der Waals surface area (Å²) in [5.41, 5.74) is 5.59. The van der Waals surface area contributed by atoms with Gasteiger partial charge in [-0.25, -0.2) is 9.97 Å². The summed E-state index contributed by atoms with van der Waals surface area (Å²) in [6, 6.07) is 2.11. The summed E-state index contributed by atoms with van der Waals surface area (Å²) in [7, 11) is 0. The molecule has 0 atom stereocenters. The third-order valence-electron chi connectivity index (χ3n) is 4.12. The van der Waals surface area contributed by atoms with Gasteiger partial charge in [-0.15, -0.1) is 16.4 Å². The monoisotopic (exact) mass is 315 g/mol. The third-order valence-corrected chi connectivity index (χ3v) is 4.92. The summed E-state index contributed by atoms with van der Waals surface area (Å²) in [6.07, 6.45) is 2.03. The molecule has 22 heavy (non-hydrogen) atoms. The number of nitrogens with two attached hydrogens (primary N) is 1. The molecule has 0 radical (unpaired) electrons. The molecule has 0 bridgehead atoms. The van der Waals surface area contributed by atoms with Gasteiger partial charge in [-0.05, 0) is 31.2 Å². The molecular weight excluding hydrogens is 298 g/mol. The Balaban J connectivity index is 1.56. The molecule has 1 fully saturated rings. The van der Waals surface area contributed by atoms with Crippen LogP contribution >= 0.6 is 11.3 Å². The normalized spacial score (nSPS) is 16.5. The first-order chi connectivity index (χ1) is 10.7. The Bertz CT molecular complexity index is 800. The first kappa shape index (κ1) is 13.4. The quantitative estimate of drug-likeness (QED) is 0.751. The lowest BCUT2D eigenvalue weighted by Crippen LogP contribution is -2.34. The molecule has 0 aliphatic carbocycles. The Morgan fingerprint density at radius 2 is 2.09 bits per heavy atom. The van der Waals surface area contributed by atoms with Crippen molar-refractivity contribution in [3.05, 3.63) is 23.1 Å². The minimum absolute atomic E-state index is 0.323. The summed E-state index contributed by atoms with van der Waals surface area (Å²) >= 11 is 1.66. The molecule has 3 N–H and O–H groups in total. The van der Waals surface area contributed by atoms with Crippen LogP contribution in [0, 0.1) is 6.92 Å². The largest absolute Gasteiger partial charge is 0.367 e. The number of aromatic nitrogens is 5. The Morgan fingerprint density at radius 3 is 2.82 bits per heavy atom. The fourth-order valence-electron chi connectivity index (χ4n) is 3.02. The van der Waals surface area contributed by atoms with Crippen LogP contribution in [-0.4, -0.2) is 38.2 Å². The molecule has 7 nitrogen and oxygen atoms in total. The van der Waals surface area contributed by atoms with Crippen molar-refractivity contribution in [2.75, 3.05) is 23.7 Å². The maximum atomic E-state index is 5.59. The van der Waals surface area contributed by atoms with Crippen LogP contribution in [-0.2, 0) is 0 Å². The molecule has 3 aromatic heterocycles. The molecule has 114 valence electrons. The molecule has 0 spiro atoms. The van der Waals surface area contributed by atoms with Gasteiger partial charge in [0, 0.05) is 19.0 Å². The average Bonchev–Trinajstić information content (AvgIpc) is 3.15. The zero-order chi connectivity index (χ0) is 15.1. The van der Waals surface area contributed by atoms with E-state index in [4.69, 9.17) is 5.73 Å². The standard InChI is InChI=1S/C14H17N7S/c1-8-16-12(10-4-7-22-13(10)17-8)21-5-2-9(3-6-21)11-18-14(15)20-19-11/h4,7,9H,2-3,5-6H2,1H3,(H3,15,18,19,20). The first-order valence-corrected chi connectivity index (χ1v) is 8.23. The number of thiophene rings is 1. The van der Waals surface area contributed by atoms with Crippen LogP contribution in [0.1, 0.15) is 30.4 Å². The van der Waals surface area contributed by atoms with Crippen molar-refractivity contribution in [3.8, 4) is 0 Å². The molecular formula is C14H17N7S. The van der Waals surface area contributed by atoms with E-state index in [-0.39, 0.29) is 0 Å². The number of nitrogens with one attached hydrogen (secondary N) is 1. The van der Waals surface area contributed by atoms with Crippen LogP contribution in [0.25, 0.3) is 10.2 Å². The average molecular weight is 315 g/mol. The summed E-state index contributed by atoms with van der Waals surface area (Å²) in [5.74, 6) is 3.50. The predicted molar refractivity (Wildman–Crippen MR) is 87.1 cm³/mol. The van der Waals surface area contributed by atoms with Crippen LogP contribution in [0.4, 0.5) is 11.8 Å². The van der Waals surface area contributed by atoms with Crippen LogP contribution < -0.4 is 10.6 Å². The minimum Gasteiger partial charge on any atom is -0.367 e. The van der Waals surface area contributed by atoms with Crippen molar-refractivity contribution < 1.29 is 0 Å². The second-order valence-corrected chi connectivity index (χ2v) is 6.47. The number of rotatable bonds is 2. The van der Waals surface area contributed by atoms with Crippen molar-refractivity contribution in [3.63, 3.8) is 0 Å². The van der Waals surface area contributed by atoms with Gasteiger partial charge < -0.3 is 10.6 Å². The van der Waals surface area contributed by atoms with Gasteiger partial charge in [-0.3, -0.25) is 5.10 Å². The number of nitrogens with zero attached hydrogens (tertiary/aromatic N) is 5. The van der Waals surface area contributed by atoms with Gasteiger partial charge in [0.2, 0.25) is 5.95 Å². The van der Waals surface area contributed by atoms with Crippen molar-refractivity contribution in [1.29, 1.82) is 0 Å². The Kier molecular flexibility index (Phi) is 3.18. The molecule has 0 unspecified atom stereocenters. The molecule has 0 saturated carbocycles. The highest BCUT2D eigenvalue weighted by Gasteiger charge is 2.25. The smallest absolute Gasteiger partial charge is 0.239 e. The van der Waals surface area contributed by atoms with Crippen LogP contribution in [0.15, 0.2) is 11.4 Å². The molecule has 0 aromatic carbocycles. The van der Waals surface area contributed by atoms with Gasteiger partial charge in [0.25, 0.3) is 0 Å². The molecule has 4 heterocycles.